The van der Waals surface area contributed by atoms with E-state index in [2.05, 4.69) is 15.1 Å². The number of carbonyl (C=O) groups excluding carboxylic acids is 1. The summed E-state index contributed by atoms with van der Waals surface area (Å²) in [5, 5.41) is 4.03. The number of nitrogens with zero attached hydrogens (tertiary/aromatic N) is 4. The van der Waals surface area contributed by atoms with E-state index in [9.17, 15) is 4.79 Å². The standard InChI is InChI=1S/C16H14N4O3S/c1-10-13(24-9-17-10)15-18-14(19-23-15)11-3-5-12(6-4-11)20-7-2-8-22-16(20)21/h3-6,9H,2,7-8H2,1H3. The first kappa shape index (κ1) is 14.8. The van der Waals surface area contributed by atoms with E-state index in [-0.39, 0.29) is 6.09 Å². The first-order valence-electron chi connectivity index (χ1n) is 7.51. The smallest absolute Gasteiger partial charge is 0.414 e. The quantitative estimate of drug-likeness (QED) is 0.724. The molecule has 122 valence electrons. The molecule has 0 unspecified atom stereocenters. The summed E-state index contributed by atoms with van der Waals surface area (Å²) in [5.74, 6) is 0.972. The summed E-state index contributed by atoms with van der Waals surface area (Å²) < 4.78 is 10.4. The van der Waals surface area contributed by atoms with E-state index in [0.717, 1.165) is 28.2 Å². The molecule has 24 heavy (non-hydrogen) atoms. The van der Waals surface area contributed by atoms with Crippen LogP contribution in [0.15, 0.2) is 34.3 Å². The SMILES string of the molecule is Cc1ncsc1-c1nc(-c2ccc(N3CCCOC3=O)cc2)no1. The van der Waals surface area contributed by atoms with Gasteiger partial charge in [0.1, 0.15) is 4.88 Å². The highest BCUT2D eigenvalue weighted by atomic mass is 32.1. The summed E-state index contributed by atoms with van der Waals surface area (Å²) in [5.41, 5.74) is 4.24. The van der Waals surface area contributed by atoms with Crippen LogP contribution < -0.4 is 4.90 Å². The molecule has 1 aromatic carbocycles. The van der Waals surface area contributed by atoms with Gasteiger partial charge in [0.05, 0.1) is 17.8 Å². The zero-order chi connectivity index (χ0) is 16.5. The van der Waals surface area contributed by atoms with Gasteiger partial charge in [-0.25, -0.2) is 9.78 Å². The first-order valence-corrected chi connectivity index (χ1v) is 8.39. The fourth-order valence-electron chi connectivity index (χ4n) is 2.52. The van der Waals surface area contributed by atoms with E-state index >= 15 is 0 Å². The lowest BCUT2D eigenvalue weighted by Crippen LogP contribution is -2.37. The third kappa shape index (κ3) is 2.65. The molecule has 1 amide bonds. The Labute approximate surface area is 141 Å². The average molecular weight is 342 g/mol. The Hall–Kier alpha value is -2.74. The van der Waals surface area contributed by atoms with Crippen molar-refractivity contribution in [2.45, 2.75) is 13.3 Å². The number of hydrogen-bond donors (Lipinski definition) is 0. The molecule has 8 heteroatoms. The fourth-order valence-corrected chi connectivity index (χ4v) is 3.24. The van der Waals surface area contributed by atoms with Crippen LogP contribution in [0, 0.1) is 6.92 Å². The molecule has 0 radical (unpaired) electrons. The number of thiazole rings is 1. The monoisotopic (exact) mass is 342 g/mol. The Bertz CT molecular complexity index is 872. The summed E-state index contributed by atoms with van der Waals surface area (Å²) >= 11 is 1.47. The zero-order valence-corrected chi connectivity index (χ0v) is 13.7. The van der Waals surface area contributed by atoms with Crippen molar-refractivity contribution in [1.29, 1.82) is 0 Å². The van der Waals surface area contributed by atoms with Gasteiger partial charge in [0, 0.05) is 17.8 Å². The lowest BCUT2D eigenvalue weighted by molar-refractivity contribution is 0.140. The predicted octanol–water partition coefficient (Wildman–Crippen LogP) is 3.52. The normalized spacial score (nSPS) is 14.7. The highest BCUT2D eigenvalue weighted by molar-refractivity contribution is 7.13. The van der Waals surface area contributed by atoms with Crippen LogP contribution in [-0.4, -0.2) is 34.4 Å². The average Bonchev–Trinajstić information content (AvgIpc) is 3.24. The van der Waals surface area contributed by atoms with Gasteiger partial charge in [-0.2, -0.15) is 4.98 Å². The van der Waals surface area contributed by atoms with Crippen LogP contribution in [0.5, 0.6) is 0 Å². The molecule has 1 aliphatic rings. The number of hydrogen-bond acceptors (Lipinski definition) is 7. The minimum atomic E-state index is -0.309. The number of carbonyl (C=O) groups is 1. The number of anilines is 1. The molecule has 3 heterocycles. The Kier molecular flexibility index (Phi) is 3.73. The van der Waals surface area contributed by atoms with Gasteiger partial charge in [-0.1, -0.05) is 5.16 Å². The number of rotatable bonds is 3. The van der Waals surface area contributed by atoms with E-state index < -0.39 is 0 Å². The summed E-state index contributed by atoms with van der Waals surface area (Å²) in [7, 11) is 0. The largest absolute Gasteiger partial charge is 0.449 e. The minimum Gasteiger partial charge on any atom is -0.449 e. The van der Waals surface area contributed by atoms with Crippen molar-refractivity contribution in [2.75, 3.05) is 18.1 Å². The lowest BCUT2D eigenvalue weighted by Gasteiger charge is -2.26. The van der Waals surface area contributed by atoms with E-state index in [1.54, 1.807) is 10.4 Å². The topological polar surface area (TPSA) is 81.4 Å². The molecular formula is C16H14N4O3S. The third-order valence-electron chi connectivity index (χ3n) is 3.77. The van der Waals surface area contributed by atoms with Gasteiger partial charge in [0.15, 0.2) is 0 Å². The first-order chi connectivity index (χ1) is 11.7. The Morgan fingerprint density at radius 3 is 2.79 bits per heavy atom. The van der Waals surface area contributed by atoms with Crippen molar-refractivity contribution < 1.29 is 14.1 Å². The van der Waals surface area contributed by atoms with Crippen LogP contribution in [0.4, 0.5) is 10.5 Å². The number of benzene rings is 1. The second kappa shape index (κ2) is 6.04. The van der Waals surface area contributed by atoms with E-state index in [1.165, 1.54) is 11.3 Å². The van der Waals surface area contributed by atoms with Gasteiger partial charge in [0.2, 0.25) is 5.82 Å². The summed E-state index contributed by atoms with van der Waals surface area (Å²) in [6, 6.07) is 7.45. The number of cyclic esters (lactones) is 1. The van der Waals surface area contributed by atoms with Crippen molar-refractivity contribution in [2.24, 2.45) is 0 Å². The van der Waals surface area contributed by atoms with Crippen molar-refractivity contribution in [3.05, 3.63) is 35.5 Å². The van der Waals surface area contributed by atoms with Crippen LogP contribution >= 0.6 is 11.3 Å². The second-order valence-electron chi connectivity index (χ2n) is 5.36. The molecule has 3 aromatic rings. The molecule has 4 rings (SSSR count). The highest BCUT2D eigenvalue weighted by Gasteiger charge is 2.21. The molecule has 1 fully saturated rings. The molecule has 0 saturated carbocycles. The highest BCUT2D eigenvalue weighted by Crippen LogP contribution is 2.28. The molecule has 0 N–H and O–H groups in total. The van der Waals surface area contributed by atoms with Crippen LogP contribution in [0.3, 0.4) is 0 Å². The van der Waals surface area contributed by atoms with Gasteiger partial charge >= 0.3 is 6.09 Å². The molecule has 1 saturated heterocycles. The van der Waals surface area contributed by atoms with E-state index in [0.29, 0.717) is 24.9 Å². The fraction of sp³-hybridized carbons (Fsp3) is 0.250. The molecule has 1 aliphatic heterocycles. The van der Waals surface area contributed by atoms with Crippen molar-refractivity contribution in [3.8, 4) is 22.2 Å². The molecule has 7 nitrogen and oxygen atoms in total. The number of aromatic nitrogens is 3. The molecule has 0 aliphatic carbocycles. The maximum absolute atomic E-state index is 11.8. The molecule has 0 spiro atoms. The Balaban J connectivity index is 1.58. The Morgan fingerprint density at radius 2 is 2.08 bits per heavy atom. The molecule has 2 aromatic heterocycles. The second-order valence-corrected chi connectivity index (χ2v) is 6.21. The summed E-state index contributed by atoms with van der Waals surface area (Å²) in [6.07, 6.45) is 0.520. The van der Waals surface area contributed by atoms with Gasteiger partial charge in [0.25, 0.3) is 5.89 Å². The lowest BCUT2D eigenvalue weighted by atomic mass is 10.2. The molecule has 0 bridgehead atoms. The van der Waals surface area contributed by atoms with Crippen molar-refractivity contribution in [1.82, 2.24) is 15.1 Å². The van der Waals surface area contributed by atoms with E-state index in [4.69, 9.17) is 9.26 Å². The van der Waals surface area contributed by atoms with Crippen LogP contribution in [0.2, 0.25) is 0 Å². The van der Waals surface area contributed by atoms with E-state index in [1.807, 2.05) is 31.2 Å². The maximum Gasteiger partial charge on any atom is 0.414 e. The predicted molar refractivity (Wildman–Crippen MR) is 88.9 cm³/mol. The van der Waals surface area contributed by atoms with Crippen LogP contribution in [0.1, 0.15) is 12.1 Å². The third-order valence-corrected chi connectivity index (χ3v) is 4.69. The summed E-state index contributed by atoms with van der Waals surface area (Å²) in [6.45, 7) is 3.05. The summed E-state index contributed by atoms with van der Waals surface area (Å²) in [4.78, 5) is 22.9. The number of ether oxygens (including phenoxy) is 1. The van der Waals surface area contributed by atoms with Crippen molar-refractivity contribution in [3.63, 3.8) is 0 Å². The molecular weight excluding hydrogens is 328 g/mol. The number of aryl methyl sites for hydroxylation is 1. The van der Waals surface area contributed by atoms with Gasteiger partial charge in [-0.05, 0) is 37.6 Å². The molecule has 0 atom stereocenters. The Morgan fingerprint density at radius 1 is 1.25 bits per heavy atom. The zero-order valence-electron chi connectivity index (χ0n) is 12.9. The van der Waals surface area contributed by atoms with Crippen LogP contribution in [0.25, 0.3) is 22.2 Å². The maximum atomic E-state index is 11.8. The van der Waals surface area contributed by atoms with Crippen molar-refractivity contribution >= 4 is 23.1 Å². The minimum absolute atomic E-state index is 0.309. The van der Waals surface area contributed by atoms with Gasteiger partial charge in [-0.3, -0.25) is 4.90 Å². The van der Waals surface area contributed by atoms with Gasteiger partial charge < -0.3 is 9.26 Å². The number of amides is 1. The van der Waals surface area contributed by atoms with Crippen LogP contribution in [-0.2, 0) is 4.74 Å². The van der Waals surface area contributed by atoms with Gasteiger partial charge in [-0.15, -0.1) is 11.3 Å².